The van der Waals surface area contributed by atoms with Gasteiger partial charge in [-0.15, -0.1) is 16.9 Å². The Hall–Kier alpha value is -3.28. The van der Waals surface area contributed by atoms with Crippen molar-refractivity contribution in [3.63, 3.8) is 0 Å². The van der Waals surface area contributed by atoms with E-state index in [0.717, 1.165) is 10.6 Å². The van der Waals surface area contributed by atoms with Gasteiger partial charge in [0.15, 0.2) is 11.6 Å². The quantitative estimate of drug-likeness (QED) is 0.352. The number of hydrogen-bond acceptors (Lipinski definition) is 8. The van der Waals surface area contributed by atoms with Gasteiger partial charge in [-0.05, 0) is 41.5 Å². The fourth-order valence-corrected chi connectivity index (χ4v) is 5.50. The van der Waals surface area contributed by atoms with Gasteiger partial charge in [-0.25, -0.2) is 4.68 Å². The van der Waals surface area contributed by atoms with E-state index in [1.807, 2.05) is 30.3 Å². The average molecular weight is 589 g/mol. The molecule has 204 valence electrons. The number of carbonyl (C=O) groups excluding carboxylic acids is 3. The SMILES string of the molecule is CCC(NC(=O)[C@H](C)NC(=O)C1CSC(c2ccccc2)=N1)C(=O)Cn1nnnc1Cc1c(Cl)cccc1Cl. The number of Topliss-reactive ketones (excluding diaryl/α,β-unsaturated/α-hetero) is 1. The van der Waals surface area contributed by atoms with Crippen molar-refractivity contribution in [3.05, 3.63) is 75.5 Å². The molecule has 10 nitrogen and oxygen atoms in total. The van der Waals surface area contributed by atoms with Crippen LogP contribution < -0.4 is 10.6 Å². The fraction of sp³-hybridized carbons (Fsp3) is 0.346. The first-order valence-corrected chi connectivity index (χ1v) is 14.1. The zero-order chi connectivity index (χ0) is 27.9. The third-order valence-electron chi connectivity index (χ3n) is 6.15. The maximum Gasteiger partial charge on any atom is 0.246 e. The predicted octanol–water partition coefficient (Wildman–Crippen LogP) is 3.10. The number of ketones is 1. The first kappa shape index (κ1) is 28.7. The van der Waals surface area contributed by atoms with Crippen LogP contribution in [0.4, 0.5) is 0 Å². The Morgan fingerprint density at radius 2 is 1.79 bits per heavy atom. The van der Waals surface area contributed by atoms with Gasteiger partial charge in [-0.2, -0.15) is 0 Å². The van der Waals surface area contributed by atoms with Crippen LogP contribution in [-0.2, 0) is 27.3 Å². The highest BCUT2D eigenvalue weighted by atomic mass is 35.5. The van der Waals surface area contributed by atoms with E-state index in [9.17, 15) is 14.4 Å². The number of tetrazole rings is 1. The lowest BCUT2D eigenvalue weighted by Crippen LogP contribution is -2.52. The molecule has 2 amide bonds. The van der Waals surface area contributed by atoms with Gasteiger partial charge < -0.3 is 10.6 Å². The van der Waals surface area contributed by atoms with Gasteiger partial charge in [0.2, 0.25) is 11.8 Å². The standard InChI is InChI=1S/C26H27Cl2N7O3S/c1-3-20(22(36)13-35-23(32-33-34-35)12-17-18(27)10-7-11-19(17)28)30-24(37)15(2)29-25(38)21-14-39-26(31-21)16-8-5-4-6-9-16/h4-11,15,20-21H,3,12-14H2,1-2H3,(H,29,38)(H,30,37)/t15-,20?,21?/m0/s1. The van der Waals surface area contributed by atoms with Crippen molar-refractivity contribution in [3.8, 4) is 0 Å². The topological polar surface area (TPSA) is 131 Å². The number of carbonyl (C=O) groups is 3. The van der Waals surface area contributed by atoms with Gasteiger partial charge in [0.1, 0.15) is 18.6 Å². The number of nitrogens with one attached hydrogen (secondary N) is 2. The van der Waals surface area contributed by atoms with Crippen LogP contribution in [0.25, 0.3) is 0 Å². The lowest BCUT2D eigenvalue weighted by Gasteiger charge is -2.20. The van der Waals surface area contributed by atoms with Crippen molar-refractivity contribution >= 4 is 57.6 Å². The Balaban J connectivity index is 1.33. The number of aromatic nitrogens is 4. The molecule has 0 saturated heterocycles. The molecule has 0 fully saturated rings. The number of rotatable bonds is 11. The summed E-state index contributed by atoms with van der Waals surface area (Å²) in [4.78, 5) is 43.2. The minimum atomic E-state index is -0.855. The Morgan fingerprint density at radius 1 is 1.08 bits per heavy atom. The van der Waals surface area contributed by atoms with Gasteiger partial charge in [0.05, 0.1) is 11.1 Å². The molecular weight excluding hydrogens is 561 g/mol. The lowest BCUT2D eigenvalue weighted by molar-refractivity contribution is -0.131. The molecule has 0 aliphatic carbocycles. The molecule has 1 aromatic heterocycles. The summed E-state index contributed by atoms with van der Waals surface area (Å²) in [7, 11) is 0. The lowest BCUT2D eigenvalue weighted by atomic mass is 10.1. The van der Waals surface area contributed by atoms with E-state index in [-0.39, 0.29) is 24.7 Å². The smallest absolute Gasteiger partial charge is 0.246 e. The largest absolute Gasteiger partial charge is 0.344 e. The highest BCUT2D eigenvalue weighted by Gasteiger charge is 2.29. The van der Waals surface area contributed by atoms with E-state index in [1.54, 1.807) is 32.0 Å². The molecule has 39 heavy (non-hydrogen) atoms. The first-order valence-electron chi connectivity index (χ1n) is 12.3. The molecule has 3 atom stereocenters. The number of aliphatic imine (C=N–C) groups is 1. The highest BCUT2D eigenvalue weighted by Crippen LogP contribution is 2.26. The molecule has 0 radical (unpaired) electrons. The highest BCUT2D eigenvalue weighted by molar-refractivity contribution is 8.14. The van der Waals surface area contributed by atoms with Crippen molar-refractivity contribution in [1.29, 1.82) is 0 Å². The third-order valence-corrected chi connectivity index (χ3v) is 7.95. The first-order chi connectivity index (χ1) is 18.8. The van der Waals surface area contributed by atoms with E-state index in [4.69, 9.17) is 23.2 Å². The molecule has 2 aromatic carbocycles. The van der Waals surface area contributed by atoms with Crippen molar-refractivity contribution in [2.45, 2.75) is 51.4 Å². The summed E-state index contributed by atoms with van der Waals surface area (Å²) < 4.78 is 1.36. The molecule has 1 aliphatic rings. The summed E-state index contributed by atoms with van der Waals surface area (Å²) >= 11 is 14.0. The van der Waals surface area contributed by atoms with Crippen molar-refractivity contribution in [2.75, 3.05) is 5.75 Å². The number of nitrogens with zero attached hydrogens (tertiary/aromatic N) is 5. The Kier molecular flexibility index (Phi) is 9.71. The van der Waals surface area contributed by atoms with Crippen LogP contribution in [0.15, 0.2) is 53.5 Å². The number of thioether (sulfide) groups is 1. The molecule has 2 heterocycles. The fourth-order valence-electron chi connectivity index (χ4n) is 3.92. The second kappa shape index (κ2) is 13.2. The molecule has 1 aliphatic heterocycles. The molecule has 2 unspecified atom stereocenters. The summed E-state index contributed by atoms with van der Waals surface area (Å²) in [6, 6.07) is 12.6. The van der Waals surface area contributed by atoms with E-state index < -0.39 is 24.0 Å². The number of halogens is 2. The van der Waals surface area contributed by atoms with Crippen molar-refractivity contribution < 1.29 is 14.4 Å². The maximum atomic E-state index is 13.0. The second-order valence-electron chi connectivity index (χ2n) is 8.92. The van der Waals surface area contributed by atoms with Gasteiger partial charge >= 0.3 is 0 Å². The van der Waals surface area contributed by atoms with E-state index in [0.29, 0.717) is 33.6 Å². The van der Waals surface area contributed by atoms with Gasteiger partial charge in [-0.1, -0.05) is 66.5 Å². The Morgan fingerprint density at radius 3 is 2.49 bits per heavy atom. The average Bonchev–Trinajstić information content (AvgIpc) is 3.60. The van der Waals surface area contributed by atoms with Crippen LogP contribution in [-0.4, -0.2) is 66.7 Å². The minimum absolute atomic E-state index is 0.153. The van der Waals surface area contributed by atoms with E-state index in [1.165, 1.54) is 16.4 Å². The Bertz CT molecular complexity index is 1360. The molecule has 2 N–H and O–H groups in total. The summed E-state index contributed by atoms with van der Waals surface area (Å²) in [5.41, 5.74) is 1.60. The zero-order valence-electron chi connectivity index (χ0n) is 21.3. The normalized spacial score (nSPS) is 16.3. The van der Waals surface area contributed by atoms with Crippen LogP contribution in [0, 0.1) is 0 Å². The molecule has 0 spiro atoms. The summed E-state index contributed by atoms with van der Waals surface area (Å²) in [5, 5.41) is 18.8. The van der Waals surface area contributed by atoms with Gasteiger partial charge in [0.25, 0.3) is 0 Å². The Labute approximate surface area is 239 Å². The molecular formula is C26H27Cl2N7O3S. The number of amides is 2. The van der Waals surface area contributed by atoms with Crippen LogP contribution in [0.1, 0.15) is 37.2 Å². The van der Waals surface area contributed by atoms with E-state index in [2.05, 4.69) is 31.2 Å². The van der Waals surface area contributed by atoms with Crippen LogP contribution in [0.3, 0.4) is 0 Å². The van der Waals surface area contributed by atoms with Gasteiger partial charge in [0, 0.05) is 27.8 Å². The molecule has 0 saturated carbocycles. The minimum Gasteiger partial charge on any atom is -0.344 e. The number of hydrogen-bond donors (Lipinski definition) is 2. The monoisotopic (exact) mass is 587 g/mol. The van der Waals surface area contributed by atoms with Crippen LogP contribution in [0.5, 0.6) is 0 Å². The molecule has 3 aromatic rings. The molecule has 4 rings (SSSR count). The number of benzene rings is 2. The molecule has 13 heteroatoms. The second-order valence-corrected chi connectivity index (χ2v) is 10.7. The third kappa shape index (κ3) is 7.23. The van der Waals surface area contributed by atoms with Crippen LogP contribution >= 0.6 is 35.0 Å². The zero-order valence-corrected chi connectivity index (χ0v) is 23.6. The summed E-state index contributed by atoms with van der Waals surface area (Å²) in [6.07, 6.45) is 0.585. The van der Waals surface area contributed by atoms with E-state index >= 15 is 0 Å². The maximum absolute atomic E-state index is 13.0. The summed E-state index contributed by atoms with van der Waals surface area (Å²) in [5.74, 6) is -0.195. The predicted molar refractivity (Wildman–Crippen MR) is 151 cm³/mol. The van der Waals surface area contributed by atoms with Crippen molar-refractivity contribution in [1.82, 2.24) is 30.8 Å². The van der Waals surface area contributed by atoms with Crippen LogP contribution in [0.2, 0.25) is 10.0 Å². The molecule has 0 bridgehead atoms. The summed E-state index contributed by atoms with van der Waals surface area (Å²) in [6.45, 7) is 3.20. The van der Waals surface area contributed by atoms with Crippen molar-refractivity contribution in [2.24, 2.45) is 4.99 Å². The van der Waals surface area contributed by atoms with Gasteiger partial charge in [-0.3, -0.25) is 19.4 Å².